The molecule has 0 saturated heterocycles. The lowest BCUT2D eigenvalue weighted by atomic mass is 9.42. The maximum atomic E-state index is 4.03. The highest BCUT2D eigenvalue weighted by molar-refractivity contribution is 5.85. The van der Waals surface area contributed by atoms with Gasteiger partial charge in [0.25, 0.3) is 0 Å². The predicted octanol–water partition coefficient (Wildman–Crippen LogP) is 16.9. The van der Waals surface area contributed by atoms with Crippen molar-refractivity contribution in [2.45, 2.75) is 115 Å². The molecule has 2 heteroatoms. The molecule has 330 valence electrons. The molecule has 0 aliphatic heterocycles. The van der Waals surface area contributed by atoms with Crippen LogP contribution in [0.5, 0.6) is 0 Å². The maximum absolute atomic E-state index is 4.03. The molecule has 4 fully saturated rings. The van der Waals surface area contributed by atoms with E-state index in [1.54, 1.807) is 11.1 Å². The van der Waals surface area contributed by atoms with Crippen LogP contribution in [-0.4, -0.2) is 0 Å². The molecule has 13 rings (SSSR count). The van der Waals surface area contributed by atoms with E-state index in [1.165, 1.54) is 160 Å². The lowest BCUT2D eigenvalue weighted by Crippen LogP contribution is -2.55. The van der Waals surface area contributed by atoms with Gasteiger partial charge in [-0.05, 0) is 253 Å². The molecule has 4 bridgehead atoms. The van der Waals surface area contributed by atoms with E-state index in [0.717, 1.165) is 24.7 Å². The fourth-order valence-electron chi connectivity index (χ4n) is 13.7. The summed E-state index contributed by atoms with van der Waals surface area (Å²) in [6.45, 7) is 10.9. The number of nitrogens with zero attached hydrogens (tertiary/aromatic N) is 2. The summed E-state index contributed by atoms with van der Waals surface area (Å²) in [5.41, 5.74) is 24.7. The van der Waals surface area contributed by atoms with Gasteiger partial charge >= 0.3 is 0 Å². The smallest absolute Gasteiger partial charge is 0.0493 e. The highest BCUT2D eigenvalue weighted by atomic mass is 15.2. The first kappa shape index (κ1) is 41.3. The van der Waals surface area contributed by atoms with E-state index in [2.05, 4.69) is 183 Å². The molecule has 0 amide bonds. The summed E-state index contributed by atoms with van der Waals surface area (Å²) < 4.78 is 0. The Hall–Kier alpha value is -6.12. The number of hydrogen-bond acceptors (Lipinski definition) is 2. The third-order valence-electron chi connectivity index (χ3n) is 17.0. The first-order chi connectivity index (χ1) is 32.3. The van der Waals surface area contributed by atoms with Crippen LogP contribution in [0.25, 0.3) is 17.2 Å². The number of benzene rings is 7. The van der Waals surface area contributed by atoms with Crippen molar-refractivity contribution in [3.05, 3.63) is 208 Å². The van der Waals surface area contributed by atoms with Crippen molar-refractivity contribution in [3.63, 3.8) is 0 Å². The van der Waals surface area contributed by atoms with Crippen molar-refractivity contribution in [3.8, 4) is 11.1 Å². The topological polar surface area (TPSA) is 6.48 Å². The van der Waals surface area contributed by atoms with Gasteiger partial charge in [-0.1, -0.05) is 98.8 Å². The number of unbranched alkanes of at least 4 members (excludes halogenated alkanes) is 1. The van der Waals surface area contributed by atoms with Crippen molar-refractivity contribution in [1.29, 1.82) is 0 Å². The Kier molecular flexibility index (Phi) is 10.2. The summed E-state index contributed by atoms with van der Waals surface area (Å²) in [4.78, 5) is 4.98. The molecule has 7 aromatic rings. The molecule has 7 aromatic carbocycles. The molecule has 0 N–H and O–H groups in total. The molecule has 2 atom stereocenters. The van der Waals surface area contributed by atoms with Crippen molar-refractivity contribution in [2.24, 2.45) is 11.8 Å². The first-order valence-electron chi connectivity index (χ1n) is 25.3. The second-order valence-electron chi connectivity index (χ2n) is 21.2. The van der Waals surface area contributed by atoms with Crippen LogP contribution in [-0.2, 0) is 42.9 Å². The zero-order valence-electron chi connectivity index (χ0n) is 39.4. The Balaban J connectivity index is 0.902. The van der Waals surface area contributed by atoms with E-state index in [-0.39, 0.29) is 10.8 Å². The first-order valence-corrected chi connectivity index (χ1v) is 25.3. The maximum Gasteiger partial charge on any atom is 0.0493 e. The molecule has 66 heavy (non-hydrogen) atoms. The Bertz CT molecular complexity index is 2940. The molecule has 2 nitrogen and oxygen atoms in total. The largest absolute Gasteiger partial charge is 0.311 e. The number of anilines is 6. The molecule has 0 radical (unpaired) electrons. The Morgan fingerprint density at radius 1 is 0.530 bits per heavy atom. The molecule has 6 aliphatic carbocycles. The lowest BCUT2D eigenvalue weighted by Gasteiger charge is -2.63. The standard InChI is InChI=1S/C64H64N2/c1-5-7-8-46-11-24-56(25-12-46)65(57-27-22-55(23-28-57)64-40-47-35-48(41-64)39-63(38-47,42-64)54-20-9-45(6-2)10-21-54)58-29-31-59(32-30-58)66(60-26-19-50-14-17-52(50)37-60)62-34-43(3)61(33-44(62)4)53-18-15-49-13-16-51(49)36-53/h6,9-12,15,18-34,36-37,47-48H,2,5,7-8,13-14,16-17,35,38-42H2,1,3-4H3. The second kappa shape index (κ2) is 16.3. The SMILES string of the molecule is C=Cc1ccc(C23CC4CC(C2)CC(c2ccc(N(c5ccc(CCCC)cc5)c5ccc(N(c6ccc7c(c6)CC7)c6cc(C)c(-c7ccc8c(c7)CC8)cc6C)cc5)cc2)(C4)C3)cc1. The van der Waals surface area contributed by atoms with Gasteiger partial charge in [-0.3, -0.25) is 0 Å². The number of hydrogen-bond donors (Lipinski definition) is 0. The molecule has 4 saturated carbocycles. The summed E-state index contributed by atoms with van der Waals surface area (Å²) in [6.07, 6.45) is 18.3. The Morgan fingerprint density at radius 2 is 1.05 bits per heavy atom. The van der Waals surface area contributed by atoms with Gasteiger partial charge in [0.2, 0.25) is 0 Å². The molecule has 6 aliphatic rings. The van der Waals surface area contributed by atoms with Gasteiger partial charge < -0.3 is 9.80 Å². The number of aryl methyl sites for hydroxylation is 7. The molecular weight excluding hydrogens is 797 g/mol. The van der Waals surface area contributed by atoms with Gasteiger partial charge in [-0.25, -0.2) is 0 Å². The minimum Gasteiger partial charge on any atom is -0.311 e. The summed E-state index contributed by atoms with van der Waals surface area (Å²) in [5.74, 6) is 1.62. The quantitative estimate of drug-likeness (QED) is 0.114. The van der Waals surface area contributed by atoms with E-state index < -0.39 is 0 Å². The van der Waals surface area contributed by atoms with Gasteiger partial charge in [-0.2, -0.15) is 0 Å². The van der Waals surface area contributed by atoms with Crippen LogP contribution >= 0.6 is 0 Å². The fourth-order valence-corrected chi connectivity index (χ4v) is 13.7. The van der Waals surface area contributed by atoms with Gasteiger partial charge in [0, 0.05) is 34.1 Å². The third-order valence-corrected chi connectivity index (χ3v) is 17.0. The summed E-state index contributed by atoms with van der Waals surface area (Å²) in [7, 11) is 0. The Labute approximate surface area is 394 Å². The van der Waals surface area contributed by atoms with Crippen LogP contribution in [0.2, 0.25) is 0 Å². The molecule has 0 aromatic heterocycles. The predicted molar refractivity (Wildman–Crippen MR) is 279 cm³/mol. The highest BCUT2D eigenvalue weighted by Crippen LogP contribution is 2.66. The van der Waals surface area contributed by atoms with E-state index in [0.29, 0.717) is 0 Å². The van der Waals surface area contributed by atoms with Crippen molar-refractivity contribution in [1.82, 2.24) is 0 Å². The van der Waals surface area contributed by atoms with Gasteiger partial charge in [0.15, 0.2) is 0 Å². The number of fused-ring (bicyclic) bond motifs is 2. The van der Waals surface area contributed by atoms with Gasteiger partial charge in [0.1, 0.15) is 0 Å². The van der Waals surface area contributed by atoms with Crippen LogP contribution in [0.3, 0.4) is 0 Å². The van der Waals surface area contributed by atoms with Crippen molar-refractivity contribution < 1.29 is 0 Å². The zero-order valence-corrected chi connectivity index (χ0v) is 39.4. The summed E-state index contributed by atoms with van der Waals surface area (Å²) in [5, 5.41) is 0. The van der Waals surface area contributed by atoms with Crippen LogP contribution in [0.4, 0.5) is 34.1 Å². The van der Waals surface area contributed by atoms with E-state index in [1.807, 2.05) is 6.08 Å². The molecule has 0 heterocycles. The van der Waals surface area contributed by atoms with Gasteiger partial charge in [0.05, 0.1) is 0 Å². The average Bonchev–Trinajstić information content (AvgIpc) is 3.31. The van der Waals surface area contributed by atoms with Crippen LogP contribution < -0.4 is 9.80 Å². The molecule has 0 spiro atoms. The van der Waals surface area contributed by atoms with Crippen LogP contribution in [0, 0.1) is 25.7 Å². The highest BCUT2D eigenvalue weighted by Gasteiger charge is 2.58. The van der Waals surface area contributed by atoms with Crippen LogP contribution in [0.1, 0.15) is 114 Å². The molecule has 2 unspecified atom stereocenters. The van der Waals surface area contributed by atoms with Gasteiger partial charge in [-0.15, -0.1) is 0 Å². The van der Waals surface area contributed by atoms with Crippen LogP contribution in [0.15, 0.2) is 152 Å². The van der Waals surface area contributed by atoms with Crippen molar-refractivity contribution >= 4 is 40.2 Å². The monoisotopic (exact) mass is 861 g/mol. The van der Waals surface area contributed by atoms with E-state index in [4.69, 9.17) is 0 Å². The van der Waals surface area contributed by atoms with E-state index in [9.17, 15) is 0 Å². The minimum atomic E-state index is 0.242. The third kappa shape index (κ3) is 7.15. The van der Waals surface area contributed by atoms with E-state index >= 15 is 0 Å². The lowest BCUT2D eigenvalue weighted by molar-refractivity contribution is -0.0281. The fraction of sp³-hybridized carbons (Fsp3) is 0.312. The summed E-state index contributed by atoms with van der Waals surface area (Å²) in [6, 6.07) is 57.2. The zero-order chi connectivity index (χ0) is 44.6. The second-order valence-corrected chi connectivity index (χ2v) is 21.2. The number of rotatable bonds is 13. The van der Waals surface area contributed by atoms with Crippen molar-refractivity contribution in [2.75, 3.05) is 9.80 Å². The average molecular weight is 861 g/mol. The minimum absolute atomic E-state index is 0.242. The normalized spacial score (nSPS) is 21.9. The Morgan fingerprint density at radius 3 is 1.59 bits per heavy atom. The summed E-state index contributed by atoms with van der Waals surface area (Å²) >= 11 is 0. The molecular formula is C64H64N2.